The summed E-state index contributed by atoms with van der Waals surface area (Å²) in [6.45, 7) is 5.45. The Hall–Kier alpha value is -2.38. The van der Waals surface area contributed by atoms with Crippen LogP contribution in [-0.2, 0) is 20.6 Å². The average molecular weight is 316 g/mol. The number of nitrogens with one attached hydrogen (secondary N) is 1. The van der Waals surface area contributed by atoms with Gasteiger partial charge in [-0.3, -0.25) is 9.36 Å². The quantitative estimate of drug-likeness (QED) is 0.657. The second-order valence-electron chi connectivity index (χ2n) is 5.85. The van der Waals surface area contributed by atoms with Crippen LogP contribution in [0.5, 0.6) is 0 Å². The summed E-state index contributed by atoms with van der Waals surface area (Å²) in [4.78, 5) is 11.3. The molecule has 0 aliphatic carbocycles. The van der Waals surface area contributed by atoms with E-state index in [1.54, 1.807) is 11.0 Å². The number of aromatic nitrogens is 5. The summed E-state index contributed by atoms with van der Waals surface area (Å²) in [5.74, 6) is 2.33. The zero-order chi connectivity index (χ0) is 16.2. The molecule has 124 valence electrons. The fourth-order valence-corrected chi connectivity index (χ4v) is 2.91. The molecule has 0 radical (unpaired) electrons. The van der Waals surface area contributed by atoms with E-state index in [1.807, 2.05) is 25.0 Å². The standard InChI is InChI=1S/C15H24N8/c1-4-16-15(17-8-14-18-11-20-22(14)3)23-6-5-12(10-23)13-7-19-21(2)9-13/h7,9,11-12H,4-6,8,10H2,1-3H3,(H,16,17). The summed E-state index contributed by atoms with van der Waals surface area (Å²) in [5.41, 5.74) is 1.30. The molecule has 1 fully saturated rings. The highest BCUT2D eigenvalue weighted by atomic mass is 15.3. The van der Waals surface area contributed by atoms with Gasteiger partial charge in [0.15, 0.2) is 5.96 Å². The second-order valence-corrected chi connectivity index (χ2v) is 5.85. The van der Waals surface area contributed by atoms with Crippen LogP contribution in [0.25, 0.3) is 0 Å². The van der Waals surface area contributed by atoms with Crippen molar-refractivity contribution in [1.29, 1.82) is 0 Å². The van der Waals surface area contributed by atoms with Gasteiger partial charge in [0, 0.05) is 45.8 Å². The fourth-order valence-electron chi connectivity index (χ4n) is 2.91. The molecule has 0 spiro atoms. The van der Waals surface area contributed by atoms with Gasteiger partial charge in [0.25, 0.3) is 0 Å². The Morgan fingerprint density at radius 1 is 1.39 bits per heavy atom. The number of nitrogens with zero attached hydrogens (tertiary/aromatic N) is 7. The Labute approximate surface area is 136 Å². The highest BCUT2D eigenvalue weighted by Gasteiger charge is 2.26. The predicted octanol–water partition coefficient (Wildman–Crippen LogP) is 0.504. The van der Waals surface area contributed by atoms with E-state index in [-0.39, 0.29) is 0 Å². The third-order valence-electron chi connectivity index (χ3n) is 4.19. The van der Waals surface area contributed by atoms with Gasteiger partial charge >= 0.3 is 0 Å². The van der Waals surface area contributed by atoms with Crippen LogP contribution in [0.3, 0.4) is 0 Å². The van der Waals surface area contributed by atoms with Crippen LogP contribution in [0.15, 0.2) is 23.7 Å². The molecule has 1 unspecified atom stereocenters. The normalized spacial score (nSPS) is 18.7. The minimum atomic E-state index is 0.516. The van der Waals surface area contributed by atoms with Crippen LogP contribution in [0, 0.1) is 0 Å². The molecule has 2 aromatic rings. The van der Waals surface area contributed by atoms with Gasteiger partial charge in [-0.15, -0.1) is 0 Å². The number of aryl methyl sites for hydroxylation is 2. The monoisotopic (exact) mass is 316 g/mol. The van der Waals surface area contributed by atoms with Crippen LogP contribution in [0.2, 0.25) is 0 Å². The lowest BCUT2D eigenvalue weighted by molar-refractivity contribution is 0.485. The second kappa shape index (κ2) is 6.80. The molecule has 3 rings (SSSR count). The molecule has 3 heterocycles. The first-order valence-electron chi connectivity index (χ1n) is 8.02. The lowest BCUT2D eigenvalue weighted by Gasteiger charge is -2.21. The van der Waals surface area contributed by atoms with E-state index in [0.717, 1.165) is 37.8 Å². The van der Waals surface area contributed by atoms with Crippen molar-refractivity contribution < 1.29 is 0 Å². The lowest BCUT2D eigenvalue weighted by Crippen LogP contribution is -2.40. The van der Waals surface area contributed by atoms with Crippen molar-refractivity contribution in [3.63, 3.8) is 0 Å². The van der Waals surface area contributed by atoms with Gasteiger partial charge < -0.3 is 10.2 Å². The molecule has 1 aliphatic heterocycles. The molecular weight excluding hydrogens is 292 g/mol. The molecule has 1 atom stereocenters. The molecule has 0 bridgehead atoms. The molecule has 23 heavy (non-hydrogen) atoms. The minimum Gasteiger partial charge on any atom is -0.357 e. The molecule has 1 saturated heterocycles. The Balaban J connectivity index is 1.68. The molecule has 8 nitrogen and oxygen atoms in total. The summed E-state index contributed by atoms with van der Waals surface area (Å²) in [7, 11) is 3.85. The number of hydrogen-bond donors (Lipinski definition) is 1. The van der Waals surface area contributed by atoms with Gasteiger partial charge in [0.1, 0.15) is 18.7 Å². The van der Waals surface area contributed by atoms with E-state index in [0.29, 0.717) is 12.5 Å². The largest absolute Gasteiger partial charge is 0.357 e. The summed E-state index contributed by atoms with van der Waals surface area (Å²) in [5, 5.41) is 11.7. The van der Waals surface area contributed by atoms with E-state index in [4.69, 9.17) is 4.99 Å². The molecular formula is C15H24N8. The summed E-state index contributed by atoms with van der Waals surface area (Å²) >= 11 is 0. The van der Waals surface area contributed by atoms with Crippen molar-refractivity contribution in [3.8, 4) is 0 Å². The fraction of sp³-hybridized carbons (Fsp3) is 0.600. The third-order valence-corrected chi connectivity index (χ3v) is 4.19. The highest BCUT2D eigenvalue weighted by molar-refractivity contribution is 5.80. The van der Waals surface area contributed by atoms with Crippen LogP contribution in [0.1, 0.15) is 30.7 Å². The van der Waals surface area contributed by atoms with Gasteiger partial charge in [0.05, 0.1) is 6.20 Å². The van der Waals surface area contributed by atoms with E-state index in [9.17, 15) is 0 Å². The van der Waals surface area contributed by atoms with Crippen molar-refractivity contribution in [3.05, 3.63) is 30.1 Å². The van der Waals surface area contributed by atoms with E-state index < -0.39 is 0 Å². The smallest absolute Gasteiger partial charge is 0.194 e. The lowest BCUT2D eigenvalue weighted by atomic mass is 10.0. The first kappa shape index (κ1) is 15.5. The first-order chi connectivity index (χ1) is 11.2. The minimum absolute atomic E-state index is 0.516. The number of guanidine groups is 1. The molecule has 0 saturated carbocycles. The maximum Gasteiger partial charge on any atom is 0.194 e. The molecule has 8 heteroatoms. The number of hydrogen-bond acceptors (Lipinski definition) is 4. The van der Waals surface area contributed by atoms with Crippen molar-refractivity contribution in [2.45, 2.75) is 25.8 Å². The molecule has 0 aromatic carbocycles. The Morgan fingerprint density at radius 2 is 2.26 bits per heavy atom. The van der Waals surface area contributed by atoms with Crippen LogP contribution in [-0.4, -0.2) is 55.0 Å². The van der Waals surface area contributed by atoms with Crippen molar-refractivity contribution in [2.75, 3.05) is 19.6 Å². The van der Waals surface area contributed by atoms with E-state index in [1.165, 1.54) is 5.56 Å². The van der Waals surface area contributed by atoms with Gasteiger partial charge in [0.2, 0.25) is 0 Å². The summed E-state index contributed by atoms with van der Waals surface area (Å²) in [6, 6.07) is 0. The van der Waals surface area contributed by atoms with Crippen LogP contribution < -0.4 is 5.32 Å². The van der Waals surface area contributed by atoms with Crippen molar-refractivity contribution in [1.82, 2.24) is 34.8 Å². The maximum atomic E-state index is 4.72. The molecule has 2 aromatic heterocycles. The maximum absolute atomic E-state index is 4.72. The van der Waals surface area contributed by atoms with Crippen molar-refractivity contribution in [2.24, 2.45) is 19.1 Å². The van der Waals surface area contributed by atoms with Crippen LogP contribution in [0.4, 0.5) is 0 Å². The van der Waals surface area contributed by atoms with E-state index in [2.05, 4.69) is 38.5 Å². The Morgan fingerprint density at radius 3 is 2.91 bits per heavy atom. The van der Waals surface area contributed by atoms with Crippen molar-refractivity contribution >= 4 is 5.96 Å². The molecule has 1 aliphatic rings. The summed E-state index contributed by atoms with van der Waals surface area (Å²) in [6.07, 6.45) is 6.77. The first-order valence-corrected chi connectivity index (χ1v) is 8.02. The van der Waals surface area contributed by atoms with E-state index >= 15 is 0 Å². The average Bonchev–Trinajstić information content (AvgIpc) is 3.25. The molecule has 0 amide bonds. The Kier molecular flexibility index (Phi) is 4.59. The molecule has 1 N–H and O–H groups in total. The van der Waals surface area contributed by atoms with Gasteiger partial charge in [-0.25, -0.2) is 9.98 Å². The topological polar surface area (TPSA) is 76.2 Å². The number of likely N-dealkylation sites (tertiary alicyclic amines) is 1. The Bertz CT molecular complexity index is 671. The number of rotatable bonds is 4. The van der Waals surface area contributed by atoms with Crippen LogP contribution >= 0.6 is 0 Å². The van der Waals surface area contributed by atoms with Gasteiger partial charge in [-0.05, 0) is 18.9 Å². The third kappa shape index (κ3) is 3.52. The SMILES string of the molecule is CCNC(=NCc1ncnn1C)N1CCC(c2cnn(C)c2)C1. The zero-order valence-corrected chi connectivity index (χ0v) is 14.0. The number of aliphatic imine (C=N–C) groups is 1. The van der Waals surface area contributed by atoms with Gasteiger partial charge in [-0.1, -0.05) is 0 Å². The predicted molar refractivity (Wildman–Crippen MR) is 88.0 cm³/mol. The summed E-state index contributed by atoms with van der Waals surface area (Å²) < 4.78 is 3.63. The highest BCUT2D eigenvalue weighted by Crippen LogP contribution is 2.26. The zero-order valence-electron chi connectivity index (χ0n) is 14.0. The van der Waals surface area contributed by atoms with Gasteiger partial charge in [-0.2, -0.15) is 10.2 Å².